The molecule has 3 rings (SSSR count). The summed E-state index contributed by atoms with van der Waals surface area (Å²) in [5.41, 5.74) is 9.91. The molecule has 1 aliphatic carbocycles. The quantitative estimate of drug-likeness (QED) is 0.897. The van der Waals surface area contributed by atoms with Gasteiger partial charge in [0.05, 0.1) is 11.9 Å². The van der Waals surface area contributed by atoms with Crippen molar-refractivity contribution < 1.29 is 0 Å². The van der Waals surface area contributed by atoms with Crippen LogP contribution in [0.15, 0.2) is 36.7 Å². The second-order valence-corrected chi connectivity index (χ2v) is 5.32. The van der Waals surface area contributed by atoms with Gasteiger partial charge in [-0.1, -0.05) is 24.6 Å². The van der Waals surface area contributed by atoms with Crippen LogP contribution in [0.3, 0.4) is 0 Å². The van der Waals surface area contributed by atoms with Crippen LogP contribution in [0.25, 0.3) is 5.69 Å². The third-order valence-corrected chi connectivity index (χ3v) is 4.14. The Balaban J connectivity index is 2.10. The molecule has 94 valence electrons. The summed E-state index contributed by atoms with van der Waals surface area (Å²) in [5.74, 6) is 0. The summed E-state index contributed by atoms with van der Waals surface area (Å²) >= 11 is 0. The second-order valence-electron chi connectivity index (χ2n) is 5.32. The topological polar surface area (TPSA) is 43.8 Å². The van der Waals surface area contributed by atoms with E-state index in [0.29, 0.717) is 0 Å². The Morgan fingerprint density at radius 3 is 2.67 bits per heavy atom. The maximum absolute atomic E-state index is 6.02. The zero-order valence-electron chi connectivity index (χ0n) is 10.8. The van der Waals surface area contributed by atoms with E-state index in [9.17, 15) is 0 Å². The van der Waals surface area contributed by atoms with E-state index in [4.69, 9.17) is 5.73 Å². The third kappa shape index (κ3) is 1.66. The number of para-hydroxylation sites is 1. The van der Waals surface area contributed by atoms with Gasteiger partial charge in [-0.05, 0) is 37.0 Å². The fraction of sp³-hybridized carbons (Fsp3) is 0.400. The fourth-order valence-corrected chi connectivity index (χ4v) is 2.85. The molecule has 0 amide bonds. The Kier molecular flexibility index (Phi) is 2.71. The Morgan fingerprint density at radius 1 is 1.33 bits per heavy atom. The summed E-state index contributed by atoms with van der Waals surface area (Å²) in [6.07, 6.45) is 7.64. The van der Waals surface area contributed by atoms with E-state index in [1.807, 2.05) is 10.9 Å². The molecule has 18 heavy (non-hydrogen) atoms. The van der Waals surface area contributed by atoms with Crippen molar-refractivity contribution in [2.24, 2.45) is 5.73 Å². The van der Waals surface area contributed by atoms with Gasteiger partial charge in [0.2, 0.25) is 0 Å². The van der Waals surface area contributed by atoms with E-state index in [2.05, 4.69) is 42.5 Å². The average Bonchev–Trinajstić information content (AvgIpc) is 2.76. The zero-order valence-corrected chi connectivity index (χ0v) is 10.8. The molecule has 0 aliphatic heterocycles. The molecule has 2 N–H and O–H groups in total. The molecule has 1 aliphatic rings. The van der Waals surface area contributed by atoms with Crippen molar-refractivity contribution in [3.63, 3.8) is 0 Å². The number of rotatable bonds is 3. The van der Waals surface area contributed by atoms with Crippen molar-refractivity contribution in [1.29, 1.82) is 0 Å². The monoisotopic (exact) mass is 241 g/mol. The summed E-state index contributed by atoms with van der Waals surface area (Å²) in [5, 5.41) is 4.43. The molecule has 1 aromatic heterocycles. The summed E-state index contributed by atoms with van der Waals surface area (Å²) in [7, 11) is 0. The van der Waals surface area contributed by atoms with Crippen LogP contribution in [0, 0.1) is 6.92 Å². The van der Waals surface area contributed by atoms with Gasteiger partial charge in [0.15, 0.2) is 0 Å². The summed E-state index contributed by atoms with van der Waals surface area (Å²) in [4.78, 5) is 0. The lowest BCUT2D eigenvalue weighted by Crippen LogP contribution is -2.42. The Labute approximate surface area is 108 Å². The number of hydrogen-bond acceptors (Lipinski definition) is 2. The summed E-state index contributed by atoms with van der Waals surface area (Å²) < 4.78 is 1.97. The molecular weight excluding hydrogens is 222 g/mol. The molecule has 0 spiro atoms. The number of nitrogens with two attached hydrogens (primary N) is 1. The molecular formula is C15H19N3. The van der Waals surface area contributed by atoms with Crippen LogP contribution in [0.1, 0.15) is 30.4 Å². The van der Waals surface area contributed by atoms with Gasteiger partial charge in [0.1, 0.15) is 0 Å². The Morgan fingerprint density at radius 2 is 2.11 bits per heavy atom. The maximum atomic E-state index is 6.02. The highest BCUT2D eigenvalue weighted by molar-refractivity contribution is 5.47. The van der Waals surface area contributed by atoms with E-state index in [-0.39, 0.29) is 5.41 Å². The second kappa shape index (κ2) is 4.25. The minimum Gasteiger partial charge on any atom is -0.330 e. The highest BCUT2D eigenvalue weighted by Gasteiger charge is 2.39. The van der Waals surface area contributed by atoms with Crippen LogP contribution in [0.2, 0.25) is 0 Å². The van der Waals surface area contributed by atoms with Crippen LogP contribution < -0.4 is 5.73 Å². The van der Waals surface area contributed by atoms with E-state index < -0.39 is 0 Å². The first kappa shape index (κ1) is 11.5. The van der Waals surface area contributed by atoms with Gasteiger partial charge < -0.3 is 5.73 Å². The first-order valence-electron chi connectivity index (χ1n) is 6.56. The summed E-state index contributed by atoms with van der Waals surface area (Å²) in [6, 6.07) is 8.51. The predicted molar refractivity (Wildman–Crippen MR) is 72.9 cm³/mol. The molecule has 1 aromatic carbocycles. The normalized spacial score (nSPS) is 17.4. The van der Waals surface area contributed by atoms with Crippen LogP contribution in [-0.4, -0.2) is 16.3 Å². The lowest BCUT2D eigenvalue weighted by Gasteiger charge is -2.42. The molecule has 0 atom stereocenters. The van der Waals surface area contributed by atoms with E-state index in [1.54, 1.807) is 0 Å². The van der Waals surface area contributed by atoms with Crippen molar-refractivity contribution in [3.05, 3.63) is 47.8 Å². The van der Waals surface area contributed by atoms with Crippen LogP contribution in [0.5, 0.6) is 0 Å². The van der Waals surface area contributed by atoms with Gasteiger partial charge in [-0.2, -0.15) is 5.10 Å². The van der Waals surface area contributed by atoms with Crippen LogP contribution >= 0.6 is 0 Å². The smallest absolute Gasteiger partial charge is 0.0683 e. The number of nitrogens with zero attached hydrogens (tertiary/aromatic N) is 2. The average molecular weight is 241 g/mol. The lowest BCUT2D eigenvalue weighted by atomic mass is 9.64. The molecule has 0 bridgehead atoms. The van der Waals surface area contributed by atoms with Crippen molar-refractivity contribution in [2.75, 3.05) is 6.54 Å². The van der Waals surface area contributed by atoms with Crippen LogP contribution in [-0.2, 0) is 5.41 Å². The minimum atomic E-state index is 0.177. The molecule has 2 aromatic rings. The largest absolute Gasteiger partial charge is 0.330 e. The Bertz CT molecular complexity index is 547. The zero-order chi connectivity index (χ0) is 12.6. The van der Waals surface area contributed by atoms with Crippen LogP contribution in [0.4, 0.5) is 0 Å². The Hall–Kier alpha value is -1.61. The lowest BCUT2D eigenvalue weighted by molar-refractivity contribution is 0.252. The minimum absolute atomic E-state index is 0.177. The van der Waals surface area contributed by atoms with Crippen molar-refractivity contribution in [3.8, 4) is 5.69 Å². The molecule has 1 fully saturated rings. The molecule has 0 radical (unpaired) electrons. The third-order valence-electron chi connectivity index (χ3n) is 4.14. The standard InChI is InChI=1S/C15H19N3/c1-12-9-17-18(10-12)14-6-3-2-5-13(14)15(11-16)7-4-8-15/h2-3,5-6,9-10H,4,7-8,11,16H2,1H3. The van der Waals surface area contributed by atoms with E-state index >= 15 is 0 Å². The predicted octanol–water partition coefficient (Wildman–Crippen LogP) is 2.56. The van der Waals surface area contributed by atoms with Gasteiger partial charge >= 0.3 is 0 Å². The maximum Gasteiger partial charge on any atom is 0.0683 e. The van der Waals surface area contributed by atoms with Crippen molar-refractivity contribution in [2.45, 2.75) is 31.6 Å². The van der Waals surface area contributed by atoms with Crippen molar-refractivity contribution >= 4 is 0 Å². The highest BCUT2D eigenvalue weighted by atomic mass is 15.3. The van der Waals surface area contributed by atoms with Gasteiger partial charge in [-0.25, -0.2) is 4.68 Å². The molecule has 1 saturated carbocycles. The van der Waals surface area contributed by atoms with Crippen molar-refractivity contribution in [1.82, 2.24) is 9.78 Å². The number of aromatic nitrogens is 2. The van der Waals surface area contributed by atoms with Gasteiger partial charge in [-0.15, -0.1) is 0 Å². The number of aryl methyl sites for hydroxylation is 1. The number of benzene rings is 1. The summed E-state index contributed by atoms with van der Waals surface area (Å²) in [6.45, 7) is 2.79. The van der Waals surface area contributed by atoms with E-state index in [0.717, 1.165) is 6.54 Å². The highest BCUT2D eigenvalue weighted by Crippen LogP contribution is 2.44. The molecule has 3 heteroatoms. The molecule has 0 unspecified atom stereocenters. The fourth-order valence-electron chi connectivity index (χ4n) is 2.85. The molecule has 0 saturated heterocycles. The van der Waals surface area contributed by atoms with Gasteiger partial charge in [-0.3, -0.25) is 0 Å². The van der Waals surface area contributed by atoms with E-state index in [1.165, 1.54) is 36.1 Å². The SMILES string of the molecule is Cc1cnn(-c2ccccc2C2(CN)CCC2)c1. The molecule has 1 heterocycles. The molecule has 3 nitrogen and oxygen atoms in total. The number of hydrogen-bond donors (Lipinski definition) is 1. The first-order valence-corrected chi connectivity index (χ1v) is 6.56. The van der Waals surface area contributed by atoms with Gasteiger partial charge in [0, 0.05) is 18.2 Å². The first-order chi connectivity index (χ1) is 8.75. The van der Waals surface area contributed by atoms with Gasteiger partial charge in [0.25, 0.3) is 0 Å².